The molecule has 22 aromatic carbocycles. The Kier molecular flexibility index (Phi) is 16.5. The van der Waals surface area contributed by atoms with E-state index >= 15 is 0 Å². The largest absolute Gasteiger partial charge is 0.456 e. The van der Waals surface area contributed by atoms with Gasteiger partial charge in [0.1, 0.15) is 22.3 Å². The van der Waals surface area contributed by atoms with Gasteiger partial charge in [-0.3, -0.25) is 0 Å². The van der Waals surface area contributed by atoms with Crippen molar-refractivity contribution in [3.05, 3.63) is 540 Å². The Morgan fingerprint density at radius 2 is 0.500 bits per heavy atom. The molecule has 0 bridgehead atoms. The van der Waals surface area contributed by atoms with Crippen LogP contribution in [0, 0.1) is 0 Å². The van der Waals surface area contributed by atoms with E-state index in [1.165, 1.54) is 166 Å². The van der Waals surface area contributed by atoms with Crippen molar-refractivity contribution in [3.63, 3.8) is 0 Å². The van der Waals surface area contributed by atoms with Crippen LogP contribution in [0.4, 0.5) is 34.1 Å². The summed E-state index contributed by atoms with van der Waals surface area (Å²) in [5.41, 5.74) is 52.2. The topological polar surface area (TPSA) is 42.6 Å². The van der Waals surface area contributed by atoms with Gasteiger partial charge in [0.25, 0.3) is 0 Å². The fourth-order valence-electron chi connectivity index (χ4n) is 27.9. The molecule has 0 aliphatic heterocycles. The number of furan rings is 2. The van der Waals surface area contributed by atoms with E-state index in [1.807, 2.05) is 0 Å². The van der Waals surface area contributed by atoms with E-state index in [2.05, 4.69) is 520 Å². The highest BCUT2D eigenvalue weighted by Gasteiger charge is 2.55. The Morgan fingerprint density at radius 1 is 0.185 bits per heavy atom. The molecule has 1 atom stereocenters. The van der Waals surface area contributed by atoms with Crippen LogP contribution in [-0.4, -0.2) is 9.13 Å². The molecule has 6 aliphatic carbocycles. The van der Waals surface area contributed by atoms with E-state index < -0.39 is 10.8 Å². The van der Waals surface area contributed by atoms with Crippen molar-refractivity contribution >= 4 is 122 Å². The van der Waals surface area contributed by atoms with Crippen LogP contribution in [-0.2, 0) is 21.7 Å². The molecule has 6 aliphatic rings. The maximum Gasteiger partial charge on any atom is 0.137 e. The predicted molar refractivity (Wildman–Crippen MR) is 603 cm³/mol. The highest BCUT2D eigenvalue weighted by atomic mass is 16.3. The molecule has 1 unspecified atom stereocenters. The summed E-state index contributed by atoms with van der Waals surface area (Å²) >= 11 is 0. The number of anilines is 6. The van der Waals surface area contributed by atoms with Crippen LogP contribution in [0.15, 0.2) is 482 Å². The highest BCUT2D eigenvalue weighted by molar-refractivity contribution is 6.19. The van der Waals surface area contributed by atoms with Crippen molar-refractivity contribution in [1.82, 2.24) is 9.13 Å². The van der Waals surface area contributed by atoms with Crippen molar-refractivity contribution in [2.24, 2.45) is 0 Å². The number of rotatable bonds is 11. The predicted octanol–water partition coefficient (Wildman–Crippen LogP) is 36.9. The van der Waals surface area contributed by atoms with E-state index in [-0.39, 0.29) is 10.8 Å². The normalized spacial score (nSPS) is 14.9. The third-order valence-corrected chi connectivity index (χ3v) is 34.1. The monoisotopic (exact) mass is 1860 g/mol. The molecular weight excluding hydrogens is 1770 g/mol. The molecule has 0 fully saturated rings. The average molecular weight is 1860 g/mol. The van der Waals surface area contributed by atoms with Gasteiger partial charge in [-0.1, -0.05) is 337 Å². The third kappa shape index (κ3) is 10.8. The Hall–Kier alpha value is -18.4. The summed E-state index contributed by atoms with van der Waals surface area (Å²) in [6.45, 7) is 9.53. The van der Waals surface area contributed by atoms with Gasteiger partial charge in [0, 0.05) is 77.1 Å². The minimum Gasteiger partial charge on any atom is -0.456 e. The summed E-state index contributed by atoms with van der Waals surface area (Å²) in [5.74, 6) is 0. The fraction of sp³-hybridized carbons (Fsp3) is 0.0571. The Bertz CT molecular complexity index is 10200. The molecule has 2 spiro atoms. The van der Waals surface area contributed by atoms with E-state index in [4.69, 9.17) is 8.83 Å². The molecular formula is C140H90N4O2. The van der Waals surface area contributed by atoms with Crippen molar-refractivity contribution in [2.75, 3.05) is 9.80 Å². The minimum atomic E-state index is -0.730. The van der Waals surface area contributed by atoms with Gasteiger partial charge in [-0.15, -0.1) is 0 Å². The number of benzene rings is 22. The van der Waals surface area contributed by atoms with Crippen LogP contribution in [0.1, 0.15) is 94.5 Å². The standard InChI is InChI=1S/C140H90N4O2/c1-137(2)112-43-20-17-41-104(112)134-119(137)49-27-51-127(134)144(93-64-65-100-94-34-11-19-42-111(94)138(3,4)120(100)80-93)129-53-29-55-133-136(129)110-79-88(61-73-131(110)146-133)86-59-71-126-108(77-86)107-76-85(58-70-125(107)143(126)90-32-9-6-10-33-90)83-56-68-118-105(74-83)99-39-16-25-48-117(99)140(118)116-47-24-15-38-98(116)102-67-63-92(82-122(102)140)141(91-62-66-101-97-37-14-23-46-115(97)139(121(101)81-91)113-44-21-12-35-95(113)96-36-13-22-45-114(96)139)128-52-28-54-132-135(128)109-78-87(60-72-130(109)145-132)84-57-69-124-106(75-84)103-40-18-26-50-123(103)142(124)89-30-7-5-8-31-89/h5-82H,1-4H3. The molecule has 26 aromatic rings. The van der Waals surface area contributed by atoms with Crippen LogP contribution in [0.2, 0.25) is 0 Å². The molecule has 0 saturated carbocycles. The van der Waals surface area contributed by atoms with E-state index in [9.17, 15) is 0 Å². The number of para-hydroxylation sites is 3. The quantitative estimate of drug-likeness (QED) is 0.129. The molecule has 6 heteroatoms. The molecule has 4 heterocycles. The summed E-state index contributed by atoms with van der Waals surface area (Å²) in [4.78, 5) is 5.12. The van der Waals surface area contributed by atoms with Gasteiger partial charge in [0.05, 0.1) is 60.7 Å². The molecule has 4 aromatic heterocycles. The SMILES string of the molecule is CC1(C)c2ccccc2-c2ccc(N(c3cccc4c3-c3ccccc3C4(C)C)c3cccc4oc5ccc(-c6ccc7c(c6)c6cc(-c8ccc9c(c8)-c8ccccc8C98c9ccccc9-c9ccc(N(c%10ccc%11c(c%10)C%10(c%12ccccc%12-c%12ccccc%12%10)c%10ccccc%10-%11)c%10cccc%11oc%12ccc(-c%13ccc%14c(c%13)c%13ccccc%13n%14-c%13ccccc%13)cc%12c%10%11)cc98)ccc6n7-c6ccccc6)cc5c34)cc21. The molecule has 6 nitrogen and oxygen atoms in total. The number of fused-ring (bicyclic) bond motifs is 38. The molecule has 0 radical (unpaired) electrons. The second kappa shape index (κ2) is 29.7. The summed E-state index contributed by atoms with van der Waals surface area (Å²) in [7, 11) is 0. The van der Waals surface area contributed by atoms with Crippen LogP contribution in [0.3, 0.4) is 0 Å². The molecule has 682 valence electrons. The van der Waals surface area contributed by atoms with Gasteiger partial charge in [0.2, 0.25) is 0 Å². The number of hydrogen-bond acceptors (Lipinski definition) is 4. The Balaban J connectivity index is 0.557. The van der Waals surface area contributed by atoms with Gasteiger partial charge in [-0.2, -0.15) is 0 Å². The zero-order valence-corrected chi connectivity index (χ0v) is 80.6. The maximum absolute atomic E-state index is 7.20. The molecule has 146 heavy (non-hydrogen) atoms. The lowest BCUT2D eigenvalue weighted by Crippen LogP contribution is -2.26. The summed E-state index contributed by atoms with van der Waals surface area (Å²) in [6, 6.07) is 179. The van der Waals surface area contributed by atoms with Crippen molar-refractivity contribution in [1.29, 1.82) is 0 Å². The minimum absolute atomic E-state index is 0.215. The van der Waals surface area contributed by atoms with Gasteiger partial charge in [-0.25, -0.2) is 0 Å². The lowest BCUT2D eigenvalue weighted by Gasteiger charge is -2.33. The average Bonchev–Trinajstić information content (AvgIpc) is 1.51. The van der Waals surface area contributed by atoms with Crippen LogP contribution >= 0.6 is 0 Å². The molecule has 0 N–H and O–H groups in total. The second-order valence-electron chi connectivity index (χ2n) is 41.9. The first-order chi connectivity index (χ1) is 71.9. The number of hydrogen-bond donors (Lipinski definition) is 0. The first-order valence-corrected chi connectivity index (χ1v) is 51.1. The van der Waals surface area contributed by atoms with Crippen LogP contribution in [0.5, 0.6) is 0 Å². The summed E-state index contributed by atoms with van der Waals surface area (Å²) in [6.07, 6.45) is 0. The maximum atomic E-state index is 7.20. The summed E-state index contributed by atoms with van der Waals surface area (Å²) in [5, 5.41) is 8.96. The third-order valence-electron chi connectivity index (χ3n) is 34.1. The van der Waals surface area contributed by atoms with Crippen molar-refractivity contribution in [3.8, 4) is 112 Å². The van der Waals surface area contributed by atoms with Crippen LogP contribution < -0.4 is 9.80 Å². The second-order valence-corrected chi connectivity index (χ2v) is 41.9. The van der Waals surface area contributed by atoms with Crippen molar-refractivity contribution < 1.29 is 8.83 Å². The lowest BCUT2D eigenvalue weighted by atomic mass is 9.70. The van der Waals surface area contributed by atoms with Gasteiger partial charge < -0.3 is 27.8 Å². The zero-order chi connectivity index (χ0) is 96.1. The molecule has 0 saturated heterocycles. The Morgan fingerprint density at radius 3 is 0.986 bits per heavy atom. The van der Waals surface area contributed by atoms with E-state index in [0.717, 1.165) is 134 Å². The highest BCUT2D eigenvalue weighted by Crippen LogP contribution is 2.68. The first kappa shape index (κ1) is 81.3. The smallest absolute Gasteiger partial charge is 0.137 e. The van der Waals surface area contributed by atoms with E-state index in [0.29, 0.717) is 0 Å². The van der Waals surface area contributed by atoms with Gasteiger partial charge in [-0.05, 0) is 325 Å². The number of aromatic nitrogens is 2. The number of nitrogens with zero attached hydrogens (tertiary/aromatic N) is 4. The molecule has 32 rings (SSSR count). The lowest BCUT2D eigenvalue weighted by molar-refractivity contribution is 0.660. The van der Waals surface area contributed by atoms with Gasteiger partial charge in [0.15, 0.2) is 0 Å². The van der Waals surface area contributed by atoms with Crippen LogP contribution in [0.25, 0.3) is 199 Å². The zero-order valence-electron chi connectivity index (χ0n) is 80.6. The van der Waals surface area contributed by atoms with Gasteiger partial charge >= 0.3 is 0 Å². The summed E-state index contributed by atoms with van der Waals surface area (Å²) < 4.78 is 19.1. The van der Waals surface area contributed by atoms with E-state index in [1.54, 1.807) is 0 Å². The molecule has 0 amide bonds. The fourth-order valence-corrected chi connectivity index (χ4v) is 27.9. The first-order valence-electron chi connectivity index (χ1n) is 51.1. The van der Waals surface area contributed by atoms with Crippen molar-refractivity contribution in [2.45, 2.75) is 49.4 Å². The Labute approximate surface area is 844 Å².